The molecule has 19 atom stereocenters. The minimum absolute atomic E-state index is 0.0487. The Morgan fingerprint density at radius 2 is 0.933 bits per heavy atom. The van der Waals surface area contributed by atoms with Gasteiger partial charge >= 0.3 is 7.82 Å². The Hall–Kier alpha value is -0.860. The molecule has 1 heterocycles. The van der Waals surface area contributed by atoms with Crippen molar-refractivity contribution in [1.29, 1.82) is 0 Å². The summed E-state index contributed by atoms with van der Waals surface area (Å²) in [4.78, 5) is 23.2. The van der Waals surface area contributed by atoms with Gasteiger partial charge in [0.05, 0.1) is 19.8 Å². The number of hydrogen-bond donors (Lipinski definition) is 9. The number of phosphoric acid groups is 1. The number of rotatable bonds is 42. The van der Waals surface area contributed by atoms with E-state index < -0.39 is 100 Å². The van der Waals surface area contributed by atoms with E-state index in [1.54, 1.807) is 0 Å². The topological polar surface area (TPSA) is 263 Å². The molecule has 0 bridgehead atoms. The molecule has 17 nitrogen and oxygen atoms in total. The van der Waals surface area contributed by atoms with Crippen LogP contribution in [0.5, 0.6) is 0 Å². The van der Waals surface area contributed by atoms with Crippen LogP contribution in [-0.4, -0.2) is 153 Å². The Balaban J connectivity index is 2.04. The van der Waals surface area contributed by atoms with Crippen LogP contribution in [-0.2, 0) is 37.4 Å². The fourth-order valence-corrected chi connectivity index (χ4v) is 11.5. The van der Waals surface area contributed by atoms with Gasteiger partial charge in [-0.1, -0.05) is 185 Å². The van der Waals surface area contributed by atoms with Crippen LogP contribution in [0.3, 0.4) is 0 Å². The van der Waals surface area contributed by atoms with Crippen LogP contribution < -0.4 is 5.32 Å². The highest BCUT2D eigenvalue weighted by molar-refractivity contribution is 7.47. The molecule has 0 aromatic heterocycles. The number of carbonyl (C=O) groups excluding carboxylic acids is 1. The molecular formula is C57H112NO16P. The van der Waals surface area contributed by atoms with Gasteiger partial charge in [-0.05, 0) is 60.2 Å². The highest BCUT2D eigenvalue weighted by atomic mass is 31.2. The first-order chi connectivity index (χ1) is 35.3. The molecule has 18 heteroatoms. The van der Waals surface area contributed by atoms with E-state index >= 15 is 0 Å². The third-order valence-electron chi connectivity index (χ3n) is 15.8. The highest BCUT2D eigenvalue weighted by Crippen LogP contribution is 2.48. The van der Waals surface area contributed by atoms with Crippen LogP contribution >= 0.6 is 7.82 Å². The summed E-state index contributed by atoms with van der Waals surface area (Å²) in [6.07, 6.45) is 4.01. The van der Waals surface area contributed by atoms with Gasteiger partial charge in [-0.2, -0.15) is 0 Å². The van der Waals surface area contributed by atoms with Crippen molar-refractivity contribution in [3.63, 3.8) is 0 Å². The fraction of sp³-hybridized carbons (Fsp3) is 0.982. The molecule has 2 rings (SSSR count). The summed E-state index contributed by atoms with van der Waals surface area (Å²) in [6, 6.07) is -1.52. The Kier molecular flexibility index (Phi) is 35.6. The molecule has 446 valence electrons. The zero-order valence-corrected chi connectivity index (χ0v) is 49.4. The largest absolute Gasteiger partial charge is 0.472 e. The Morgan fingerprint density at radius 1 is 0.533 bits per heavy atom. The Bertz CT molecular complexity index is 1520. The zero-order chi connectivity index (χ0) is 56.3. The monoisotopic (exact) mass is 1100 g/mol. The van der Waals surface area contributed by atoms with Crippen LogP contribution in [0.1, 0.15) is 205 Å². The van der Waals surface area contributed by atoms with Crippen molar-refractivity contribution in [1.82, 2.24) is 5.32 Å². The lowest BCUT2D eigenvalue weighted by atomic mass is 9.84. The van der Waals surface area contributed by atoms with Gasteiger partial charge in [0.25, 0.3) is 0 Å². The second-order valence-corrected chi connectivity index (χ2v) is 25.9. The van der Waals surface area contributed by atoms with Crippen molar-refractivity contribution < 1.29 is 78.0 Å². The van der Waals surface area contributed by atoms with E-state index in [9.17, 15) is 50.0 Å². The van der Waals surface area contributed by atoms with Crippen molar-refractivity contribution in [3.8, 4) is 0 Å². The number of ether oxygens (including phenoxy) is 4. The van der Waals surface area contributed by atoms with Gasteiger partial charge in [0, 0.05) is 20.1 Å². The fourth-order valence-electron chi connectivity index (χ4n) is 10.5. The molecule has 1 saturated carbocycles. The van der Waals surface area contributed by atoms with E-state index in [2.05, 4.69) is 74.6 Å². The summed E-state index contributed by atoms with van der Waals surface area (Å²) in [6.45, 7) is 23.7. The number of carbonyl (C=O) groups is 1. The van der Waals surface area contributed by atoms with E-state index in [0.717, 1.165) is 69.1 Å². The maximum Gasteiger partial charge on any atom is 0.472 e. The molecule has 0 aromatic carbocycles. The predicted octanol–water partition coefficient (Wildman–Crippen LogP) is 8.61. The van der Waals surface area contributed by atoms with Crippen LogP contribution in [0.25, 0.3) is 0 Å². The standard InChI is InChI=1S/C57H112NO16P/c1-37(2)18-12-20-39(5)22-14-24-41(7)26-16-28-43(9)30-32-69-35-46(70-33-31-44(10)29-17-27-42(8)25-15-23-40(6)21-13-19-38(3)4)36-71-75(67,68)74-56-54(66)52(64)51(63)53(65)55(56)73-57-48(58-45(11)60)50(62)49(61)47(34-59)72-57/h37-44,46-57,59,61-66H,12-36H2,1-11H3,(H,58,60)(H,67,68)/t39-,40-,41-,42-,43-,44-,46+,47-,48+,49-,50+,51+,52+,53-,54-,55-,56+,57-/m1/s1. The molecule has 1 unspecified atom stereocenters. The molecule has 0 spiro atoms. The summed E-state index contributed by atoms with van der Waals surface area (Å²) in [7, 11) is -5.21. The average Bonchev–Trinajstić information content (AvgIpc) is 3.33. The number of amides is 1. The van der Waals surface area contributed by atoms with Gasteiger partial charge in [-0.15, -0.1) is 0 Å². The van der Waals surface area contributed by atoms with E-state index in [4.69, 9.17) is 28.0 Å². The third kappa shape index (κ3) is 28.9. The summed E-state index contributed by atoms with van der Waals surface area (Å²) in [5, 5.41) is 76.9. The molecule has 9 N–H and O–H groups in total. The van der Waals surface area contributed by atoms with Gasteiger partial charge in [0.2, 0.25) is 5.91 Å². The summed E-state index contributed by atoms with van der Waals surface area (Å²) in [5.74, 6) is 4.58. The van der Waals surface area contributed by atoms with Gasteiger partial charge in [-0.3, -0.25) is 13.8 Å². The van der Waals surface area contributed by atoms with E-state index in [0.29, 0.717) is 36.9 Å². The predicted molar refractivity (Wildman–Crippen MR) is 292 cm³/mol. The molecule has 2 aliphatic rings. The maximum atomic E-state index is 13.7. The van der Waals surface area contributed by atoms with E-state index in [1.807, 2.05) is 0 Å². The van der Waals surface area contributed by atoms with Crippen molar-refractivity contribution in [2.75, 3.05) is 33.0 Å². The smallest absolute Gasteiger partial charge is 0.394 e. The van der Waals surface area contributed by atoms with Crippen LogP contribution in [0.2, 0.25) is 0 Å². The quantitative estimate of drug-likeness (QED) is 0.0205. The number of aliphatic hydroxyl groups excluding tert-OH is 7. The molecular weight excluding hydrogens is 986 g/mol. The second-order valence-electron chi connectivity index (χ2n) is 24.5. The van der Waals surface area contributed by atoms with Crippen molar-refractivity contribution in [2.45, 2.75) is 278 Å². The lowest BCUT2D eigenvalue weighted by molar-refractivity contribution is -0.317. The SMILES string of the molecule is CC(=O)N[C@@H]1[C@@H](O[C@@H]2[C@H](O)[C@@H](O)[C@H](O)[C@@H](O)[C@@H]2OP(=O)(O)OC[C@H](COCC[C@H](C)CCC[C@H](C)CCC[C@H](C)CCCC(C)C)OCC[C@H](C)CCC[C@H](C)CCC[C@H](C)CCCC(C)C)O[C@H](CO)[C@@H](O)[C@H]1O. The minimum Gasteiger partial charge on any atom is -0.394 e. The maximum absolute atomic E-state index is 13.7. The molecule has 1 aliphatic carbocycles. The van der Waals surface area contributed by atoms with E-state index in [1.165, 1.54) is 89.9 Å². The molecule has 75 heavy (non-hydrogen) atoms. The minimum atomic E-state index is -5.21. The number of aliphatic hydroxyl groups is 7. The van der Waals surface area contributed by atoms with Crippen LogP contribution in [0.4, 0.5) is 0 Å². The van der Waals surface area contributed by atoms with E-state index in [-0.39, 0.29) is 6.61 Å². The lowest BCUT2D eigenvalue weighted by Crippen LogP contribution is -2.69. The molecule has 0 radical (unpaired) electrons. The third-order valence-corrected chi connectivity index (χ3v) is 16.8. The van der Waals surface area contributed by atoms with Crippen molar-refractivity contribution in [2.24, 2.45) is 47.3 Å². The van der Waals surface area contributed by atoms with Gasteiger partial charge in [0.15, 0.2) is 6.29 Å². The first-order valence-corrected chi connectivity index (χ1v) is 31.0. The Labute approximate surface area is 453 Å². The van der Waals surface area contributed by atoms with Crippen LogP contribution in [0.15, 0.2) is 0 Å². The number of hydrogen-bond acceptors (Lipinski definition) is 15. The first-order valence-electron chi connectivity index (χ1n) is 29.5. The average molecular weight is 1100 g/mol. The molecule has 1 aliphatic heterocycles. The normalized spacial score (nSPS) is 29.2. The molecule has 1 amide bonds. The summed E-state index contributed by atoms with van der Waals surface area (Å²) in [5.41, 5.74) is 0. The zero-order valence-electron chi connectivity index (χ0n) is 48.5. The first kappa shape index (κ1) is 70.2. The second kappa shape index (κ2) is 38.0. The molecule has 0 aromatic rings. The lowest BCUT2D eigenvalue weighted by Gasteiger charge is -2.48. The Morgan fingerprint density at radius 3 is 1.35 bits per heavy atom. The van der Waals surface area contributed by atoms with Crippen molar-refractivity contribution >= 4 is 13.7 Å². The molecule has 1 saturated heterocycles. The highest BCUT2D eigenvalue weighted by Gasteiger charge is 2.55. The van der Waals surface area contributed by atoms with Crippen molar-refractivity contribution in [3.05, 3.63) is 0 Å². The van der Waals surface area contributed by atoms with Gasteiger partial charge in [0.1, 0.15) is 67.1 Å². The van der Waals surface area contributed by atoms with Gasteiger partial charge in [-0.25, -0.2) is 4.57 Å². The summed E-state index contributed by atoms with van der Waals surface area (Å²) >= 11 is 0. The number of phosphoric ester groups is 1. The van der Waals surface area contributed by atoms with Crippen LogP contribution in [0, 0.1) is 47.3 Å². The van der Waals surface area contributed by atoms with Gasteiger partial charge < -0.3 is 64.9 Å². The summed E-state index contributed by atoms with van der Waals surface area (Å²) < 4.78 is 48.4. The molecule has 2 fully saturated rings. The number of nitrogens with one attached hydrogen (secondary N) is 1.